The van der Waals surface area contributed by atoms with Crippen LogP contribution in [0.2, 0.25) is 0 Å². The molecular weight excluding hydrogens is 184 g/mol. The molecule has 4 N–H and O–H groups in total. The lowest BCUT2D eigenvalue weighted by Crippen LogP contribution is -2.48. The van der Waals surface area contributed by atoms with Gasteiger partial charge in [0.05, 0.1) is 6.61 Å². The van der Waals surface area contributed by atoms with Crippen molar-refractivity contribution in [3.8, 4) is 0 Å². The highest BCUT2D eigenvalue weighted by molar-refractivity contribution is 5.68. The number of aliphatic hydroxyl groups excluding tert-OH is 1. The molecule has 0 aliphatic heterocycles. The number of carbonyl (C=O) groups excluding carboxylic acids is 1. The number of ether oxygens (including phenoxy) is 1. The Labute approximate surface area is 84.6 Å². The molecule has 0 spiro atoms. The van der Waals surface area contributed by atoms with Crippen LogP contribution in [0.1, 0.15) is 27.7 Å². The van der Waals surface area contributed by atoms with Crippen LogP contribution < -0.4 is 11.1 Å². The summed E-state index contributed by atoms with van der Waals surface area (Å²) < 4.78 is 5.02. The summed E-state index contributed by atoms with van der Waals surface area (Å²) in [6.45, 7) is 6.89. The Morgan fingerprint density at radius 2 is 2.07 bits per heavy atom. The van der Waals surface area contributed by atoms with Crippen LogP contribution in [0, 0.1) is 0 Å². The maximum atomic E-state index is 11.2. The molecule has 0 fully saturated rings. The molecule has 0 rings (SSSR count). The summed E-state index contributed by atoms with van der Waals surface area (Å²) in [5.41, 5.74) is 4.99. The fraction of sp³-hybridized carbons (Fsp3) is 0.889. The minimum atomic E-state index is -0.521. The molecule has 84 valence electrons. The predicted molar refractivity (Wildman–Crippen MR) is 53.9 cm³/mol. The van der Waals surface area contributed by atoms with Crippen LogP contribution in [0.15, 0.2) is 0 Å². The van der Waals surface area contributed by atoms with E-state index in [0.717, 1.165) is 0 Å². The van der Waals surface area contributed by atoms with E-state index < -0.39 is 17.7 Å². The number of rotatable bonds is 3. The van der Waals surface area contributed by atoms with Gasteiger partial charge in [-0.25, -0.2) is 4.79 Å². The lowest BCUT2D eigenvalue weighted by molar-refractivity contribution is 0.0495. The minimum Gasteiger partial charge on any atom is -0.444 e. The molecule has 0 bridgehead atoms. The molecule has 1 amide bonds. The Morgan fingerprint density at radius 3 is 2.43 bits per heavy atom. The zero-order chi connectivity index (χ0) is 11.4. The molecule has 2 atom stereocenters. The zero-order valence-electron chi connectivity index (χ0n) is 9.20. The van der Waals surface area contributed by atoms with Crippen molar-refractivity contribution in [3.05, 3.63) is 0 Å². The van der Waals surface area contributed by atoms with Crippen molar-refractivity contribution >= 4 is 6.09 Å². The SMILES string of the molecule is CC(NC(=O)OC(C)(C)C)C(N)CO. The quantitative estimate of drug-likeness (QED) is 0.614. The minimum absolute atomic E-state index is 0.170. The molecule has 0 saturated carbocycles. The average Bonchev–Trinajstić information content (AvgIpc) is 1.99. The molecule has 0 aromatic heterocycles. The lowest BCUT2D eigenvalue weighted by atomic mass is 10.2. The molecule has 0 aliphatic rings. The number of alkyl carbamates (subject to hydrolysis) is 1. The van der Waals surface area contributed by atoms with Gasteiger partial charge in [-0.3, -0.25) is 0 Å². The van der Waals surface area contributed by atoms with Crippen molar-refractivity contribution in [3.63, 3.8) is 0 Å². The number of amides is 1. The maximum Gasteiger partial charge on any atom is 0.407 e. The van der Waals surface area contributed by atoms with Crippen molar-refractivity contribution < 1.29 is 14.6 Å². The average molecular weight is 204 g/mol. The zero-order valence-corrected chi connectivity index (χ0v) is 9.20. The Kier molecular flexibility index (Phi) is 4.87. The van der Waals surface area contributed by atoms with Gasteiger partial charge in [0.1, 0.15) is 5.60 Å². The standard InChI is InChI=1S/C9H20N2O3/c1-6(7(10)5-12)11-8(13)14-9(2,3)4/h6-7,12H,5,10H2,1-4H3,(H,11,13). The highest BCUT2D eigenvalue weighted by Crippen LogP contribution is 2.06. The van der Waals surface area contributed by atoms with Crippen molar-refractivity contribution in [1.29, 1.82) is 0 Å². The van der Waals surface area contributed by atoms with Gasteiger partial charge in [0.25, 0.3) is 0 Å². The number of aliphatic hydroxyl groups is 1. The van der Waals surface area contributed by atoms with Crippen LogP contribution in [0.25, 0.3) is 0 Å². The van der Waals surface area contributed by atoms with E-state index in [2.05, 4.69) is 5.32 Å². The lowest BCUT2D eigenvalue weighted by Gasteiger charge is -2.23. The maximum absolute atomic E-state index is 11.2. The summed E-state index contributed by atoms with van der Waals surface area (Å²) in [4.78, 5) is 11.2. The summed E-state index contributed by atoms with van der Waals surface area (Å²) in [7, 11) is 0. The normalized spacial score (nSPS) is 15.9. The third-order valence-electron chi connectivity index (χ3n) is 1.60. The molecule has 5 heteroatoms. The van der Waals surface area contributed by atoms with Crippen LogP contribution in [-0.4, -0.2) is 35.5 Å². The van der Waals surface area contributed by atoms with Gasteiger partial charge in [-0.2, -0.15) is 0 Å². The summed E-state index contributed by atoms with van der Waals surface area (Å²) in [6.07, 6.45) is -0.520. The topological polar surface area (TPSA) is 84.6 Å². The molecule has 0 aliphatic carbocycles. The van der Waals surface area contributed by atoms with E-state index in [1.807, 2.05) is 0 Å². The van der Waals surface area contributed by atoms with Crippen LogP contribution in [0.5, 0.6) is 0 Å². The van der Waals surface area contributed by atoms with E-state index in [4.69, 9.17) is 15.6 Å². The number of nitrogens with one attached hydrogen (secondary N) is 1. The van der Waals surface area contributed by atoms with Gasteiger partial charge in [-0.15, -0.1) is 0 Å². The Hall–Kier alpha value is -0.810. The van der Waals surface area contributed by atoms with Crippen molar-refractivity contribution in [1.82, 2.24) is 5.32 Å². The van der Waals surface area contributed by atoms with E-state index in [-0.39, 0.29) is 12.6 Å². The third-order valence-corrected chi connectivity index (χ3v) is 1.60. The molecule has 5 nitrogen and oxygen atoms in total. The number of hydrogen-bond donors (Lipinski definition) is 3. The molecule has 0 aromatic rings. The van der Waals surface area contributed by atoms with E-state index >= 15 is 0 Å². The van der Waals surface area contributed by atoms with Crippen LogP contribution in [0.3, 0.4) is 0 Å². The second-order valence-corrected chi connectivity index (χ2v) is 4.28. The van der Waals surface area contributed by atoms with Crippen LogP contribution in [0.4, 0.5) is 4.79 Å². The summed E-state index contributed by atoms with van der Waals surface area (Å²) in [6, 6.07) is -0.780. The van der Waals surface area contributed by atoms with Gasteiger partial charge in [0.2, 0.25) is 0 Å². The Balaban J connectivity index is 3.95. The van der Waals surface area contributed by atoms with Crippen molar-refractivity contribution in [2.75, 3.05) is 6.61 Å². The van der Waals surface area contributed by atoms with Gasteiger partial charge in [0.15, 0.2) is 0 Å². The second-order valence-electron chi connectivity index (χ2n) is 4.28. The van der Waals surface area contributed by atoms with Gasteiger partial charge in [0, 0.05) is 12.1 Å². The Bertz CT molecular complexity index is 189. The third kappa shape index (κ3) is 5.77. The predicted octanol–water partition coefficient (Wildman–Crippen LogP) is 0.219. The first-order chi connectivity index (χ1) is 6.26. The monoisotopic (exact) mass is 204 g/mol. The fourth-order valence-electron chi connectivity index (χ4n) is 0.759. The first-order valence-corrected chi connectivity index (χ1v) is 4.62. The first-order valence-electron chi connectivity index (χ1n) is 4.62. The van der Waals surface area contributed by atoms with Crippen molar-refractivity contribution in [2.24, 2.45) is 5.73 Å². The van der Waals surface area contributed by atoms with E-state index in [0.29, 0.717) is 0 Å². The van der Waals surface area contributed by atoms with Gasteiger partial charge in [-0.05, 0) is 27.7 Å². The molecular formula is C9H20N2O3. The number of carbonyl (C=O) groups is 1. The second kappa shape index (κ2) is 5.17. The van der Waals surface area contributed by atoms with Crippen molar-refractivity contribution in [2.45, 2.75) is 45.4 Å². The highest BCUT2D eigenvalue weighted by atomic mass is 16.6. The molecule has 0 radical (unpaired) electrons. The smallest absolute Gasteiger partial charge is 0.407 e. The summed E-state index contributed by atoms with van der Waals surface area (Å²) in [5, 5.41) is 11.3. The van der Waals surface area contributed by atoms with Crippen LogP contribution in [-0.2, 0) is 4.74 Å². The van der Waals surface area contributed by atoms with Gasteiger partial charge in [-0.1, -0.05) is 0 Å². The molecule has 0 heterocycles. The molecule has 2 unspecified atom stereocenters. The Morgan fingerprint density at radius 1 is 1.57 bits per heavy atom. The fourth-order valence-corrected chi connectivity index (χ4v) is 0.759. The van der Waals surface area contributed by atoms with E-state index in [9.17, 15) is 4.79 Å². The van der Waals surface area contributed by atoms with Gasteiger partial charge >= 0.3 is 6.09 Å². The number of hydrogen-bond acceptors (Lipinski definition) is 4. The molecule has 14 heavy (non-hydrogen) atoms. The van der Waals surface area contributed by atoms with E-state index in [1.165, 1.54) is 0 Å². The summed E-state index contributed by atoms with van der Waals surface area (Å²) >= 11 is 0. The van der Waals surface area contributed by atoms with Crippen LogP contribution >= 0.6 is 0 Å². The highest BCUT2D eigenvalue weighted by Gasteiger charge is 2.19. The van der Waals surface area contributed by atoms with Gasteiger partial charge < -0.3 is 20.9 Å². The number of nitrogens with two attached hydrogens (primary N) is 1. The summed E-state index contributed by atoms with van der Waals surface area (Å²) in [5.74, 6) is 0. The largest absolute Gasteiger partial charge is 0.444 e. The molecule has 0 aromatic carbocycles. The molecule has 0 saturated heterocycles. The first kappa shape index (κ1) is 13.2. The van der Waals surface area contributed by atoms with E-state index in [1.54, 1.807) is 27.7 Å².